The second kappa shape index (κ2) is 13.4. The van der Waals surface area contributed by atoms with E-state index in [0.29, 0.717) is 51.0 Å². The molecule has 1 amide bonds. The highest BCUT2D eigenvalue weighted by molar-refractivity contribution is 8.00. The lowest BCUT2D eigenvalue weighted by Crippen LogP contribution is -2.29. The number of hydrogen-bond acceptors (Lipinski definition) is 9. The summed E-state index contributed by atoms with van der Waals surface area (Å²) in [6.45, 7) is 4.77. The van der Waals surface area contributed by atoms with Crippen LogP contribution in [0.2, 0.25) is 5.02 Å². The largest absolute Gasteiger partial charge is 0.507 e. The predicted molar refractivity (Wildman–Crippen MR) is 166 cm³/mol. The molecule has 1 aliphatic rings. The number of aliphatic hydroxyl groups excluding tert-OH is 1. The predicted octanol–water partition coefficient (Wildman–Crippen LogP) is 7.30. The zero-order valence-corrected chi connectivity index (χ0v) is 25.3. The van der Waals surface area contributed by atoms with E-state index in [-0.39, 0.29) is 16.5 Å². The third kappa shape index (κ3) is 6.30. The number of benzene rings is 3. The minimum atomic E-state index is -0.966. The molecular weight excluding hydrogens is 594 g/mol. The Morgan fingerprint density at radius 3 is 2.48 bits per heavy atom. The van der Waals surface area contributed by atoms with Crippen LogP contribution in [0.3, 0.4) is 0 Å². The summed E-state index contributed by atoms with van der Waals surface area (Å²) < 4.78 is 12.4. The van der Waals surface area contributed by atoms with E-state index in [9.17, 15) is 14.7 Å². The van der Waals surface area contributed by atoms with Gasteiger partial charge < -0.3 is 14.6 Å². The van der Waals surface area contributed by atoms with Gasteiger partial charge in [-0.15, -0.1) is 10.2 Å². The molecule has 216 valence electrons. The summed E-state index contributed by atoms with van der Waals surface area (Å²) in [4.78, 5) is 28.4. The molecule has 0 aliphatic carbocycles. The van der Waals surface area contributed by atoms with Crippen molar-refractivity contribution in [3.8, 4) is 11.5 Å². The number of carbonyl (C=O) groups is 2. The van der Waals surface area contributed by atoms with Crippen LogP contribution in [-0.4, -0.2) is 40.2 Å². The van der Waals surface area contributed by atoms with Gasteiger partial charge in [0.25, 0.3) is 5.78 Å². The molecule has 1 aromatic heterocycles. The highest BCUT2D eigenvalue weighted by Gasteiger charge is 2.48. The first-order valence-corrected chi connectivity index (χ1v) is 15.6. The Labute approximate surface area is 257 Å². The molecule has 5 rings (SSSR count). The van der Waals surface area contributed by atoms with Gasteiger partial charge in [0, 0.05) is 16.3 Å². The SMILES string of the molecule is CCCOc1ccc(C2C(=C(O)c3ccccc3)C(=O)C(=O)N2c2nnc(SCc3ccc(Cl)cc3)s2)cc1OCC. The topological polar surface area (TPSA) is 102 Å². The Morgan fingerprint density at radius 2 is 1.76 bits per heavy atom. The average molecular weight is 622 g/mol. The maximum absolute atomic E-state index is 13.6. The number of halogens is 1. The Morgan fingerprint density at radius 1 is 1.00 bits per heavy atom. The number of anilines is 1. The fourth-order valence-electron chi connectivity index (χ4n) is 4.47. The van der Waals surface area contributed by atoms with Gasteiger partial charge in [0.2, 0.25) is 5.13 Å². The van der Waals surface area contributed by atoms with Crippen molar-refractivity contribution in [3.05, 3.63) is 100 Å². The number of ketones is 1. The molecule has 3 aromatic carbocycles. The van der Waals surface area contributed by atoms with Crippen LogP contribution in [0.5, 0.6) is 11.5 Å². The van der Waals surface area contributed by atoms with Gasteiger partial charge >= 0.3 is 5.91 Å². The van der Waals surface area contributed by atoms with Crippen LogP contribution in [0, 0.1) is 0 Å². The van der Waals surface area contributed by atoms with Crippen molar-refractivity contribution in [1.82, 2.24) is 10.2 Å². The molecule has 2 heterocycles. The minimum Gasteiger partial charge on any atom is -0.507 e. The molecule has 1 N–H and O–H groups in total. The fraction of sp³-hybridized carbons (Fsp3) is 0.226. The van der Waals surface area contributed by atoms with Gasteiger partial charge in [-0.25, -0.2) is 0 Å². The third-order valence-electron chi connectivity index (χ3n) is 6.41. The molecule has 1 unspecified atom stereocenters. The second-order valence-electron chi connectivity index (χ2n) is 9.29. The zero-order chi connectivity index (χ0) is 29.6. The number of aromatic nitrogens is 2. The first-order chi connectivity index (χ1) is 20.4. The van der Waals surface area contributed by atoms with Crippen LogP contribution in [0.1, 0.15) is 43.0 Å². The minimum absolute atomic E-state index is 0.0403. The van der Waals surface area contributed by atoms with Crippen LogP contribution in [0.25, 0.3) is 5.76 Å². The lowest BCUT2D eigenvalue weighted by Gasteiger charge is -2.23. The van der Waals surface area contributed by atoms with Gasteiger partial charge in [-0.1, -0.05) is 90.2 Å². The van der Waals surface area contributed by atoms with Crippen molar-refractivity contribution < 1.29 is 24.2 Å². The Kier molecular flexibility index (Phi) is 9.46. The van der Waals surface area contributed by atoms with E-state index < -0.39 is 17.7 Å². The van der Waals surface area contributed by atoms with Gasteiger partial charge in [-0.3, -0.25) is 14.5 Å². The Bertz CT molecular complexity index is 1610. The number of amides is 1. The number of hydrogen-bond donors (Lipinski definition) is 1. The van der Waals surface area contributed by atoms with Gasteiger partial charge in [-0.2, -0.15) is 0 Å². The molecule has 1 fully saturated rings. The van der Waals surface area contributed by atoms with Crippen LogP contribution >= 0.6 is 34.7 Å². The molecular formula is C31H28ClN3O5S2. The summed E-state index contributed by atoms with van der Waals surface area (Å²) >= 11 is 8.66. The summed E-state index contributed by atoms with van der Waals surface area (Å²) in [7, 11) is 0. The number of nitrogens with zero attached hydrogens (tertiary/aromatic N) is 3. The van der Waals surface area contributed by atoms with Crippen molar-refractivity contribution in [2.75, 3.05) is 18.1 Å². The van der Waals surface area contributed by atoms with E-state index in [2.05, 4.69) is 10.2 Å². The van der Waals surface area contributed by atoms with E-state index in [0.717, 1.165) is 12.0 Å². The smallest absolute Gasteiger partial charge is 0.301 e. The quantitative estimate of drug-likeness (QED) is 0.0612. The fourth-order valence-corrected chi connectivity index (χ4v) is 6.42. The number of carbonyl (C=O) groups excluding carboxylic acids is 2. The van der Waals surface area contributed by atoms with Crippen LogP contribution in [0.4, 0.5) is 5.13 Å². The molecule has 0 bridgehead atoms. The third-order valence-corrected chi connectivity index (χ3v) is 8.79. The Balaban J connectivity index is 1.56. The van der Waals surface area contributed by atoms with Crippen LogP contribution in [-0.2, 0) is 15.3 Å². The molecule has 1 aliphatic heterocycles. The molecule has 0 spiro atoms. The van der Waals surface area contributed by atoms with Crippen LogP contribution < -0.4 is 14.4 Å². The van der Waals surface area contributed by atoms with E-state index in [1.165, 1.54) is 28.0 Å². The maximum atomic E-state index is 13.6. The van der Waals surface area contributed by atoms with Gasteiger partial charge in [0.05, 0.1) is 24.8 Å². The number of rotatable bonds is 11. The summed E-state index contributed by atoms with van der Waals surface area (Å²) in [5.74, 6) is -0.223. The molecule has 0 radical (unpaired) electrons. The van der Waals surface area contributed by atoms with Gasteiger partial charge in [-0.05, 0) is 48.7 Å². The van der Waals surface area contributed by atoms with Crippen molar-refractivity contribution in [2.45, 2.75) is 36.4 Å². The van der Waals surface area contributed by atoms with E-state index in [4.69, 9.17) is 21.1 Å². The van der Waals surface area contributed by atoms with Gasteiger partial charge in [0.1, 0.15) is 5.76 Å². The number of ether oxygens (including phenoxy) is 2. The highest BCUT2D eigenvalue weighted by Crippen LogP contribution is 2.45. The molecule has 1 saturated heterocycles. The summed E-state index contributed by atoms with van der Waals surface area (Å²) in [5.41, 5.74) is 1.99. The van der Waals surface area contributed by atoms with Crippen molar-refractivity contribution in [3.63, 3.8) is 0 Å². The highest BCUT2D eigenvalue weighted by atomic mass is 35.5. The Hall–Kier alpha value is -3.86. The molecule has 1 atom stereocenters. The first-order valence-electron chi connectivity index (χ1n) is 13.4. The van der Waals surface area contributed by atoms with Crippen molar-refractivity contribution in [2.24, 2.45) is 0 Å². The maximum Gasteiger partial charge on any atom is 0.301 e. The second-order valence-corrected chi connectivity index (χ2v) is 11.9. The molecule has 42 heavy (non-hydrogen) atoms. The number of thioether (sulfide) groups is 1. The van der Waals surface area contributed by atoms with Crippen LogP contribution in [0.15, 0.2) is 82.7 Å². The van der Waals surface area contributed by atoms with Gasteiger partial charge in [0.15, 0.2) is 15.8 Å². The normalized spacial score (nSPS) is 16.2. The lowest BCUT2D eigenvalue weighted by atomic mass is 9.95. The first kappa shape index (κ1) is 29.6. The summed E-state index contributed by atoms with van der Waals surface area (Å²) in [6, 6.07) is 20.5. The summed E-state index contributed by atoms with van der Waals surface area (Å²) in [6.07, 6.45) is 0.819. The average Bonchev–Trinajstić information content (AvgIpc) is 3.58. The zero-order valence-electron chi connectivity index (χ0n) is 23.0. The van der Waals surface area contributed by atoms with E-state index in [1.54, 1.807) is 48.5 Å². The lowest BCUT2D eigenvalue weighted by molar-refractivity contribution is -0.132. The van der Waals surface area contributed by atoms with E-state index in [1.807, 2.05) is 38.1 Å². The van der Waals surface area contributed by atoms with Crippen molar-refractivity contribution in [1.29, 1.82) is 0 Å². The molecule has 8 nitrogen and oxygen atoms in total. The monoisotopic (exact) mass is 621 g/mol. The number of Topliss-reactive ketones (excluding diaryl/α,β-unsaturated/α-hetero) is 1. The number of aliphatic hydroxyl groups is 1. The van der Waals surface area contributed by atoms with Crippen molar-refractivity contribution >= 4 is 57.3 Å². The van der Waals surface area contributed by atoms with E-state index >= 15 is 0 Å². The molecule has 0 saturated carbocycles. The molecule has 4 aromatic rings. The summed E-state index contributed by atoms with van der Waals surface area (Å²) in [5, 5.41) is 20.8. The standard InChI is InChI=1S/C31H28ClN3O5S2/c1-3-16-40-23-15-12-21(17-24(23)39-4-2)26-25(27(36)20-8-6-5-7-9-20)28(37)29(38)35(26)30-33-34-31(42-30)41-18-19-10-13-22(32)14-11-19/h5-15,17,26,36H,3-4,16,18H2,1-2H3. The molecule has 11 heteroatoms.